The molecule has 2 heterocycles. The summed E-state index contributed by atoms with van der Waals surface area (Å²) in [5, 5.41) is 7.38. The van der Waals surface area contributed by atoms with Gasteiger partial charge in [0.25, 0.3) is 5.91 Å². The maximum Gasteiger partial charge on any atom is 0.251 e. The second kappa shape index (κ2) is 7.64. The van der Waals surface area contributed by atoms with E-state index in [1.54, 1.807) is 6.20 Å². The monoisotopic (exact) mass is 347 g/mol. The quantitative estimate of drug-likeness (QED) is 0.764. The Kier molecular flexibility index (Phi) is 4.91. The number of rotatable bonds is 3. The predicted octanol–water partition coefficient (Wildman–Crippen LogP) is 2.62. The van der Waals surface area contributed by atoms with Crippen molar-refractivity contribution in [3.05, 3.63) is 66.4 Å². The lowest BCUT2D eigenvalue weighted by molar-refractivity contribution is 0.0884. The van der Waals surface area contributed by atoms with Crippen LogP contribution in [0.5, 0.6) is 0 Å². The SMILES string of the molecule is O=C(NC1CNCCOC1)c1ccc(-c2cccc3cccnc23)cc1. The average molecular weight is 347 g/mol. The van der Waals surface area contributed by atoms with E-state index in [1.165, 1.54) is 0 Å². The molecule has 26 heavy (non-hydrogen) atoms. The molecule has 1 unspecified atom stereocenters. The lowest BCUT2D eigenvalue weighted by atomic mass is 10.0. The Morgan fingerprint density at radius 3 is 2.85 bits per heavy atom. The van der Waals surface area contributed by atoms with Crippen molar-refractivity contribution in [2.24, 2.45) is 0 Å². The summed E-state index contributed by atoms with van der Waals surface area (Å²) in [6.45, 7) is 2.77. The number of fused-ring (bicyclic) bond motifs is 1. The number of hydrogen-bond donors (Lipinski definition) is 2. The molecular formula is C21H21N3O2. The van der Waals surface area contributed by atoms with Crippen LogP contribution in [0, 0.1) is 0 Å². The largest absolute Gasteiger partial charge is 0.378 e. The third-order valence-corrected chi connectivity index (χ3v) is 4.56. The number of carbonyl (C=O) groups excluding carboxylic acids is 1. The van der Waals surface area contributed by atoms with E-state index in [-0.39, 0.29) is 11.9 Å². The van der Waals surface area contributed by atoms with E-state index in [4.69, 9.17) is 4.74 Å². The molecule has 1 fully saturated rings. The minimum Gasteiger partial charge on any atom is -0.378 e. The van der Waals surface area contributed by atoms with Gasteiger partial charge in [0, 0.05) is 35.8 Å². The maximum atomic E-state index is 12.5. The Hall–Kier alpha value is -2.76. The molecule has 0 radical (unpaired) electrons. The molecule has 1 aromatic heterocycles. The zero-order chi connectivity index (χ0) is 17.8. The number of carbonyl (C=O) groups is 1. The molecule has 2 N–H and O–H groups in total. The molecule has 1 aliphatic rings. The topological polar surface area (TPSA) is 63.2 Å². The highest BCUT2D eigenvalue weighted by atomic mass is 16.5. The lowest BCUT2D eigenvalue weighted by Crippen LogP contribution is -2.43. The molecule has 132 valence electrons. The molecule has 5 nitrogen and oxygen atoms in total. The minimum atomic E-state index is -0.0788. The van der Waals surface area contributed by atoms with Crippen molar-refractivity contribution in [1.82, 2.24) is 15.6 Å². The van der Waals surface area contributed by atoms with Crippen LogP contribution in [0.25, 0.3) is 22.0 Å². The van der Waals surface area contributed by atoms with Crippen molar-refractivity contribution >= 4 is 16.8 Å². The van der Waals surface area contributed by atoms with Crippen LogP contribution < -0.4 is 10.6 Å². The molecule has 0 spiro atoms. The first-order chi connectivity index (χ1) is 12.8. The summed E-state index contributed by atoms with van der Waals surface area (Å²) in [5.74, 6) is -0.0788. The molecule has 1 amide bonds. The van der Waals surface area contributed by atoms with Gasteiger partial charge in [0.15, 0.2) is 0 Å². The summed E-state index contributed by atoms with van der Waals surface area (Å²) >= 11 is 0. The molecule has 0 saturated carbocycles. The number of hydrogen-bond acceptors (Lipinski definition) is 4. The molecule has 3 aromatic rings. The Morgan fingerprint density at radius 1 is 1.12 bits per heavy atom. The van der Waals surface area contributed by atoms with Crippen LogP contribution in [0.4, 0.5) is 0 Å². The summed E-state index contributed by atoms with van der Waals surface area (Å²) < 4.78 is 5.48. The van der Waals surface area contributed by atoms with Crippen molar-refractivity contribution in [1.29, 1.82) is 0 Å². The molecule has 1 saturated heterocycles. The van der Waals surface area contributed by atoms with Crippen LogP contribution in [-0.2, 0) is 4.74 Å². The van der Waals surface area contributed by atoms with Gasteiger partial charge in [-0.05, 0) is 23.8 Å². The molecular weight excluding hydrogens is 326 g/mol. The predicted molar refractivity (Wildman–Crippen MR) is 102 cm³/mol. The summed E-state index contributed by atoms with van der Waals surface area (Å²) in [7, 11) is 0. The van der Waals surface area contributed by atoms with Gasteiger partial charge in [-0.15, -0.1) is 0 Å². The third-order valence-electron chi connectivity index (χ3n) is 4.56. The van der Waals surface area contributed by atoms with Gasteiger partial charge in [-0.2, -0.15) is 0 Å². The Bertz CT molecular complexity index is 895. The first-order valence-electron chi connectivity index (χ1n) is 8.85. The summed E-state index contributed by atoms with van der Waals surface area (Å²) in [6, 6.07) is 17.8. The van der Waals surface area contributed by atoms with E-state index in [2.05, 4.69) is 33.8 Å². The van der Waals surface area contributed by atoms with Crippen LogP contribution in [0.15, 0.2) is 60.8 Å². The van der Waals surface area contributed by atoms with Crippen LogP contribution in [0.3, 0.4) is 0 Å². The third kappa shape index (κ3) is 3.59. The highest BCUT2D eigenvalue weighted by Gasteiger charge is 2.16. The van der Waals surface area contributed by atoms with Crippen LogP contribution >= 0.6 is 0 Å². The molecule has 0 bridgehead atoms. The number of aromatic nitrogens is 1. The van der Waals surface area contributed by atoms with Crippen molar-refractivity contribution in [2.75, 3.05) is 26.3 Å². The Balaban J connectivity index is 1.53. The van der Waals surface area contributed by atoms with E-state index < -0.39 is 0 Å². The van der Waals surface area contributed by atoms with Crippen molar-refractivity contribution in [2.45, 2.75) is 6.04 Å². The number of para-hydroxylation sites is 1. The van der Waals surface area contributed by atoms with Crippen LogP contribution in [-0.4, -0.2) is 43.2 Å². The fourth-order valence-corrected chi connectivity index (χ4v) is 3.20. The molecule has 4 rings (SSSR count). The Morgan fingerprint density at radius 2 is 1.96 bits per heavy atom. The number of nitrogens with one attached hydrogen (secondary N) is 2. The van der Waals surface area contributed by atoms with Crippen molar-refractivity contribution in [3.63, 3.8) is 0 Å². The lowest BCUT2D eigenvalue weighted by Gasteiger charge is -2.16. The zero-order valence-corrected chi connectivity index (χ0v) is 14.4. The van der Waals surface area contributed by atoms with Gasteiger partial charge in [0.1, 0.15) is 0 Å². The molecule has 0 aliphatic carbocycles. The molecule has 1 aliphatic heterocycles. The van der Waals surface area contributed by atoms with Gasteiger partial charge in [0.05, 0.1) is 24.8 Å². The first kappa shape index (κ1) is 16.7. The fourth-order valence-electron chi connectivity index (χ4n) is 3.20. The minimum absolute atomic E-state index is 0.00746. The smallest absolute Gasteiger partial charge is 0.251 e. The number of ether oxygens (including phenoxy) is 1. The van der Waals surface area contributed by atoms with Gasteiger partial charge in [-0.1, -0.05) is 36.4 Å². The first-order valence-corrected chi connectivity index (χ1v) is 8.85. The van der Waals surface area contributed by atoms with Gasteiger partial charge < -0.3 is 15.4 Å². The number of nitrogens with zero attached hydrogens (tertiary/aromatic N) is 1. The Labute approximate surface area is 152 Å². The standard InChI is InChI=1S/C21H21N3O2/c25-21(24-18-13-22-11-12-26-14-18)17-8-6-15(7-9-17)19-5-1-3-16-4-2-10-23-20(16)19/h1-10,18,22H,11-14H2,(H,24,25). The number of amides is 1. The van der Waals surface area contributed by atoms with Crippen LogP contribution in [0.2, 0.25) is 0 Å². The van der Waals surface area contributed by atoms with Crippen molar-refractivity contribution in [3.8, 4) is 11.1 Å². The van der Waals surface area contributed by atoms with E-state index in [0.717, 1.165) is 35.1 Å². The van der Waals surface area contributed by atoms with Gasteiger partial charge >= 0.3 is 0 Å². The fraction of sp³-hybridized carbons (Fsp3) is 0.238. The number of benzene rings is 2. The normalized spacial score (nSPS) is 17.6. The molecule has 1 atom stereocenters. The highest BCUT2D eigenvalue weighted by molar-refractivity contribution is 5.97. The summed E-state index contributed by atoms with van der Waals surface area (Å²) in [6.07, 6.45) is 1.80. The molecule has 2 aromatic carbocycles. The van der Waals surface area contributed by atoms with E-state index in [1.807, 2.05) is 36.4 Å². The van der Waals surface area contributed by atoms with Gasteiger partial charge in [-0.3, -0.25) is 9.78 Å². The molecule has 5 heteroatoms. The van der Waals surface area contributed by atoms with Crippen molar-refractivity contribution < 1.29 is 9.53 Å². The zero-order valence-electron chi connectivity index (χ0n) is 14.4. The van der Waals surface area contributed by atoms with E-state index in [0.29, 0.717) is 18.8 Å². The number of pyridine rings is 1. The maximum absolute atomic E-state index is 12.5. The highest BCUT2D eigenvalue weighted by Crippen LogP contribution is 2.27. The second-order valence-corrected chi connectivity index (χ2v) is 6.41. The van der Waals surface area contributed by atoms with E-state index in [9.17, 15) is 4.79 Å². The van der Waals surface area contributed by atoms with Gasteiger partial charge in [-0.25, -0.2) is 0 Å². The van der Waals surface area contributed by atoms with Crippen LogP contribution in [0.1, 0.15) is 10.4 Å². The van der Waals surface area contributed by atoms with Gasteiger partial charge in [0.2, 0.25) is 0 Å². The van der Waals surface area contributed by atoms with E-state index >= 15 is 0 Å². The second-order valence-electron chi connectivity index (χ2n) is 6.41. The summed E-state index contributed by atoms with van der Waals surface area (Å²) in [4.78, 5) is 17.0. The summed E-state index contributed by atoms with van der Waals surface area (Å²) in [5.41, 5.74) is 3.72. The average Bonchev–Trinajstić information content (AvgIpc) is 2.96.